The van der Waals surface area contributed by atoms with Crippen LogP contribution < -0.4 is 20.5 Å². The summed E-state index contributed by atoms with van der Waals surface area (Å²) in [4.78, 5) is 23.3. The zero-order valence-electron chi connectivity index (χ0n) is 11.7. The maximum absolute atomic E-state index is 12.1. The number of carbonyl (C=O) groups excluding carboxylic acids is 2. The highest BCUT2D eigenvalue weighted by atomic mass is 16.7. The summed E-state index contributed by atoms with van der Waals surface area (Å²) >= 11 is 0. The van der Waals surface area contributed by atoms with E-state index in [9.17, 15) is 9.59 Å². The molecule has 1 aliphatic rings. The number of carbonyl (C=O) groups is 2. The van der Waals surface area contributed by atoms with Gasteiger partial charge in [0, 0.05) is 17.7 Å². The van der Waals surface area contributed by atoms with Crippen molar-refractivity contribution in [3.63, 3.8) is 0 Å². The van der Waals surface area contributed by atoms with Crippen molar-refractivity contribution >= 4 is 11.8 Å². The molecule has 0 saturated carbocycles. The van der Waals surface area contributed by atoms with Crippen LogP contribution in [0, 0.1) is 0 Å². The molecule has 0 aliphatic carbocycles. The Hall–Kier alpha value is -3.02. The molecule has 1 aliphatic heterocycles. The van der Waals surface area contributed by atoms with Gasteiger partial charge in [-0.25, -0.2) is 0 Å². The minimum atomic E-state index is -0.496. The molecule has 0 saturated heterocycles. The van der Waals surface area contributed by atoms with Gasteiger partial charge in [0.2, 0.25) is 12.7 Å². The first-order chi connectivity index (χ1) is 10.6. The standard InChI is InChI=1S/C16H14N2O4/c17-15(19)11-3-1-2-10(6-11)8-18-16(20)12-4-5-13-14(7-12)22-9-21-13/h1-7H,8-9H2,(H2,17,19)(H,18,20). The summed E-state index contributed by atoms with van der Waals surface area (Å²) in [6.07, 6.45) is 0. The highest BCUT2D eigenvalue weighted by Gasteiger charge is 2.16. The van der Waals surface area contributed by atoms with Gasteiger partial charge in [-0.15, -0.1) is 0 Å². The predicted molar refractivity (Wildman–Crippen MR) is 78.7 cm³/mol. The van der Waals surface area contributed by atoms with Crippen LogP contribution >= 0.6 is 0 Å². The smallest absolute Gasteiger partial charge is 0.251 e. The molecule has 6 heteroatoms. The first kappa shape index (κ1) is 13.9. The summed E-state index contributed by atoms with van der Waals surface area (Å²) in [6, 6.07) is 11.8. The van der Waals surface area contributed by atoms with Crippen LogP contribution in [0.1, 0.15) is 26.3 Å². The lowest BCUT2D eigenvalue weighted by Crippen LogP contribution is -2.23. The van der Waals surface area contributed by atoms with E-state index in [1.807, 2.05) is 6.07 Å². The molecule has 0 bridgehead atoms. The van der Waals surface area contributed by atoms with Crippen LogP contribution in [-0.4, -0.2) is 18.6 Å². The molecule has 0 fully saturated rings. The van der Waals surface area contributed by atoms with Gasteiger partial charge in [0.1, 0.15) is 0 Å². The van der Waals surface area contributed by atoms with E-state index in [1.165, 1.54) is 0 Å². The van der Waals surface area contributed by atoms with Crippen LogP contribution in [0.2, 0.25) is 0 Å². The molecule has 0 spiro atoms. The fourth-order valence-electron chi connectivity index (χ4n) is 2.16. The highest BCUT2D eigenvalue weighted by Crippen LogP contribution is 2.32. The molecular formula is C16H14N2O4. The second kappa shape index (κ2) is 5.77. The van der Waals surface area contributed by atoms with Crippen molar-refractivity contribution in [1.29, 1.82) is 0 Å². The molecule has 0 radical (unpaired) electrons. The molecule has 0 aromatic heterocycles. The molecule has 2 amide bonds. The molecule has 2 aromatic carbocycles. The summed E-state index contributed by atoms with van der Waals surface area (Å²) in [6.45, 7) is 0.467. The molecular weight excluding hydrogens is 284 g/mol. The molecule has 22 heavy (non-hydrogen) atoms. The maximum Gasteiger partial charge on any atom is 0.251 e. The van der Waals surface area contributed by atoms with Crippen LogP contribution in [0.15, 0.2) is 42.5 Å². The number of hydrogen-bond donors (Lipinski definition) is 2. The summed E-state index contributed by atoms with van der Waals surface area (Å²) in [5, 5.41) is 2.79. The maximum atomic E-state index is 12.1. The number of fused-ring (bicyclic) bond motifs is 1. The Bertz CT molecular complexity index is 743. The van der Waals surface area contributed by atoms with Crippen molar-refractivity contribution in [3.05, 3.63) is 59.2 Å². The van der Waals surface area contributed by atoms with Crippen molar-refractivity contribution in [2.75, 3.05) is 6.79 Å². The van der Waals surface area contributed by atoms with Gasteiger partial charge in [-0.2, -0.15) is 0 Å². The lowest BCUT2D eigenvalue weighted by atomic mass is 10.1. The van der Waals surface area contributed by atoms with Gasteiger partial charge in [-0.1, -0.05) is 12.1 Å². The zero-order valence-corrected chi connectivity index (χ0v) is 11.7. The molecule has 0 unspecified atom stereocenters. The molecule has 3 N–H and O–H groups in total. The van der Waals surface area contributed by atoms with Gasteiger partial charge >= 0.3 is 0 Å². The van der Waals surface area contributed by atoms with Crippen LogP contribution in [-0.2, 0) is 6.54 Å². The van der Waals surface area contributed by atoms with Crippen LogP contribution in [0.5, 0.6) is 11.5 Å². The average molecular weight is 298 g/mol. The van der Waals surface area contributed by atoms with Gasteiger partial charge in [-0.05, 0) is 35.9 Å². The van der Waals surface area contributed by atoms with E-state index in [0.29, 0.717) is 29.2 Å². The van der Waals surface area contributed by atoms with Crippen molar-refractivity contribution in [1.82, 2.24) is 5.32 Å². The largest absolute Gasteiger partial charge is 0.454 e. The lowest BCUT2D eigenvalue weighted by molar-refractivity contribution is 0.0949. The van der Waals surface area contributed by atoms with Crippen molar-refractivity contribution < 1.29 is 19.1 Å². The number of benzene rings is 2. The van der Waals surface area contributed by atoms with E-state index in [1.54, 1.807) is 36.4 Å². The lowest BCUT2D eigenvalue weighted by Gasteiger charge is -2.07. The summed E-state index contributed by atoms with van der Waals surface area (Å²) in [7, 11) is 0. The number of nitrogens with one attached hydrogen (secondary N) is 1. The van der Waals surface area contributed by atoms with Crippen LogP contribution in [0.25, 0.3) is 0 Å². The monoisotopic (exact) mass is 298 g/mol. The van der Waals surface area contributed by atoms with Gasteiger partial charge in [0.25, 0.3) is 5.91 Å². The van der Waals surface area contributed by atoms with E-state index >= 15 is 0 Å². The van der Waals surface area contributed by atoms with E-state index in [0.717, 1.165) is 5.56 Å². The van der Waals surface area contributed by atoms with Crippen molar-refractivity contribution in [3.8, 4) is 11.5 Å². The third kappa shape index (κ3) is 2.85. The quantitative estimate of drug-likeness (QED) is 0.893. The van der Waals surface area contributed by atoms with Crippen LogP contribution in [0.4, 0.5) is 0 Å². The number of nitrogens with two attached hydrogens (primary N) is 1. The Balaban J connectivity index is 1.67. The van der Waals surface area contributed by atoms with Gasteiger partial charge in [0.15, 0.2) is 11.5 Å². The van der Waals surface area contributed by atoms with E-state index in [4.69, 9.17) is 15.2 Å². The zero-order chi connectivity index (χ0) is 15.5. The molecule has 0 atom stereocenters. The second-order valence-corrected chi connectivity index (χ2v) is 4.82. The van der Waals surface area contributed by atoms with Crippen molar-refractivity contribution in [2.45, 2.75) is 6.54 Å². The number of rotatable bonds is 4. The SMILES string of the molecule is NC(=O)c1cccc(CNC(=O)c2ccc3c(c2)OCO3)c1. The van der Waals surface area contributed by atoms with E-state index in [2.05, 4.69) is 5.32 Å². The van der Waals surface area contributed by atoms with Gasteiger partial charge in [-0.3, -0.25) is 9.59 Å². The first-order valence-corrected chi connectivity index (χ1v) is 6.70. The third-order valence-corrected chi connectivity index (χ3v) is 3.30. The first-order valence-electron chi connectivity index (χ1n) is 6.70. The van der Waals surface area contributed by atoms with Crippen LogP contribution in [0.3, 0.4) is 0 Å². The van der Waals surface area contributed by atoms with Gasteiger partial charge < -0.3 is 20.5 Å². The van der Waals surface area contributed by atoms with Gasteiger partial charge in [0.05, 0.1) is 0 Å². The Morgan fingerprint density at radius 2 is 1.86 bits per heavy atom. The Morgan fingerprint density at radius 1 is 1.05 bits per heavy atom. The molecule has 6 nitrogen and oxygen atoms in total. The minimum absolute atomic E-state index is 0.167. The molecule has 1 heterocycles. The minimum Gasteiger partial charge on any atom is -0.454 e. The average Bonchev–Trinajstić information content (AvgIpc) is 3.00. The normalized spacial score (nSPS) is 12.0. The molecule has 112 valence electrons. The number of primary amides is 1. The summed E-state index contributed by atoms with van der Waals surface area (Å²) in [5.41, 5.74) is 6.92. The summed E-state index contributed by atoms with van der Waals surface area (Å²) < 4.78 is 10.4. The number of ether oxygens (including phenoxy) is 2. The Labute approximate surface area is 126 Å². The molecule has 3 rings (SSSR count). The number of hydrogen-bond acceptors (Lipinski definition) is 4. The predicted octanol–water partition coefficient (Wildman–Crippen LogP) is 1.44. The molecule has 2 aromatic rings. The van der Waals surface area contributed by atoms with E-state index in [-0.39, 0.29) is 12.7 Å². The Morgan fingerprint density at radius 3 is 2.68 bits per heavy atom. The Kier molecular flexibility index (Phi) is 3.65. The van der Waals surface area contributed by atoms with E-state index < -0.39 is 5.91 Å². The second-order valence-electron chi connectivity index (χ2n) is 4.82. The third-order valence-electron chi connectivity index (χ3n) is 3.30. The fourth-order valence-corrected chi connectivity index (χ4v) is 2.16. The van der Waals surface area contributed by atoms with Crippen molar-refractivity contribution in [2.24, 2.45) is 5.73 Å². The fraction of sp³-hybridized carbons (Fsp3) is 0.125. The topological polar surface area (TPSA) is 90.7 Å². The number of amides is 2. The summed E-state index contributed by atoms with van der Waals surface area (Å²) in [5.74, 6) is 0.459. The highest BCUT2D eigenvalue weighted by molar-refractivity contribution is 5.95.